The van der Waals surface area contributed by atoms with Crippen LogP contribution in [-0.2, 0) is 11.3 Å². The number of thiophene rings is 1. The summed E-state index contributed by atoms with van der Waals surface area (Å²) in [5.41, 5.74) is -0.476. The highest BCUT2D eigenvalue weighted by Crippen LogP contribution is 2.45. The third-order valence-corrected chi connectivity index (χ3v) is 5.31. The van der Waals surface area contributed by atoms with E-state index < -0.39 is 11.4 Å². The Hall–Kier alpha value is -0.870. The molecule has 0 aromatic carbocycles. The lowest BCUT2D eigenvalue weighted by molar-refractivity contribution is -0.153. The molecule has 0 amide bonds. The molecular formula is C15H21NO2S. The first-order valence-electron chi connectivity index (χ1n) is 7.16. The lowest BCUT2D eigenvalue weighted by Crippen LogP contribution is -2.47. The second-order valence-electron chi connectivity index (χ2n) is 6.13. The van der Waals surface area contributed by atoms with Gasteiger partial charge in [-0.3, -0.25) is 9.69 Å². The minimum Gasteiger partial charge on any atom is -0.481 e. The summed E-state index contributed by atoms with van der Waals surface area (Å²) in [4.78, 5) is 15.4. The molecule has 2 fully saturated rings. The zero-order chi connectivity index (χ0) is 13.3. The van der Waals surface area contributed by atoms with E-state index in [1.807, 2.05) is 0 Å². The Morgan fingerprint density at radius 1 is 1.53 bits per heavy atom. The van der Waals surface area contributed by atoms with E-state index in [0.717, 1.165) is 38.9 Å². The van der Waals surface area contributed by atoms with Crippen molar-refractivity contribution in [2.24, 2.45) is 11.3 Å². The maximum absolute atomic E-state index is 11.8. The summed E-state index contributed by atoms with van der Waals surface area (Å²) in [7, 11) is 0. The van der Waals surface area contributed by atoms with Crippen molar-refractivity contribution >= 4 is 17.3 Å². The van der Waals surface area contributed by atoms with Crippen LogP contribution in [0.1, 0.15) is 37.0 Å². The molecule has 0 radical (unpaired) electrons. The molecule has 1 atom stereocenters. The van der Waals surface area contributed by atoms with Crippen LogP contribution in [0.4, 0.5) is 0 Å². The molecule has 19 heavy (non-hydrogen) atoms. The van der Waals surface area contributed by atoms with Crippen molar-refractivity contribution < 1.29 is 9.90 Å². The molecule has 1 aromatic heterocycles. The standard InChI is InChI=1S/C15H21NO2S/c17-14(18)15(9-12-4-5-12)6-2-7-16(11-15)10-13-3-1-8-19-13/h1,3,8,12H,2,4-7,9-11H2,(H,17,18)/t15-/m1/s1. The van der Waals surface area contributed by atoms with Crippen molar-refractivity contribution in [1.82, 2.24) is 4.90 Å². The summed E-state index contributed by atoms with van der Waals surface area (Å²) in [5.74, 6) is 0.105. The highest BCUT2D eigenvalue weighted by Gasteiger charge is 2.45. The van der Waals surface area contributed by atoms with E-state index in [-0.39, 0.29) is 0 Å². The molecule has 2 aliphatic rings. The first-order valence-corrected chi connectivity index (χ1v) is 8.04. The van der Waals surface area contributed by atoms with Crippen molar-refractivity contribution in [3.05, 3.63) is 22.4 Å². The zero-order valence-corrected chi connectivity index (χ0v) is 12.0. The van der Waals surface area contributed by atoms with Gasteiger partial charge in [-0.15, -0.1) is 11.3 Å². The SMILES string of the molecule is O=C(O)[C@@]1(CC2CC2)CCCN(Cc2cccs2)C1. The molecule has 1 aliphatic carbocycles. The van der Waals surface area contributed by atoms with Gasteiger partial charge in [0.05, 0.1) is 5.41 Å². The average Bonchev–Trinajstić information content (AvgIpc) is 3.03. The molecule has 0 bridgehead atoms. The van der Waals surface area contributed by atoms with Gasteiger partial charge in [0.25, 0.3) is 0 Å². The molecule has 1 aliphatic heterocycles. The number of hydrogen-bond donors (Lipinski definition) is 1. The highest BCUT2D eigenvalue weighted by molar-refractivity contribution is 7.09. The molecule has 4 heteroatoms. The third-order valence-electron chi connectivity index (χ3n) is 4.45. The van der Waals surface area contributed by atoms with Gasteiger partial charge in [0.2, 0.25) is 0 Å². The van der Waals surface area contributed by atoms with Crippen LogP contribution in [-0.4, -0.2) is 29.1 Å². The predicted molar refractivity (Wildman–Crippen MR) is 76.2 cm³/mol. The third kappa shape index (κ3) is 3.00. The maximum atomic E-state index is 11.8. The summed E-state index contributed by atoms with van der Waals surface area (Å²) in [5, 5.41) is 11.8. The highest BCUT2D eigenvalue weighted by atomic mass is 32.1. The molecular weight excluding hydrogens is 258 g/mol. The number of hydrogen-bond acceptors (Lipinski definition) is 3. The van der Waals surface area contributed by atoms with Crippen molar-refractivity contribution in [2.75, 3.05) is 13.1 Å². The number of carboxylic acid groups (broad SMARTS) is 1. The normalized spacial score (nSPS) is 28.4. The molecule has 1 N–H and O–H groups in total. The lowest BCUT2D eigenvalue weighted by Gasteiger charge is -2.40. The molecule has 3 rings (SSSR count). The van der Waals surface area contributed by atoms with Crippen LogP contribution in [0.5, 0.6) is 0 Å². The van der Waals surface area contributed by atoms with Crippen molar-refractivity contribution in [2.45, 2.75) is 38.6 Å². The summed E-state index contributed by atoms with van der Waals surface area (Å²) in [6.45, 7) is 2.69. The summed E-state index contributed by atoms with van der Waals surface area (Å²) in [6, 6.07) is 4.21. The topological polar surface area (TPSA) is 40.5 Å². The average molecular weight is 279 g/mol. The second-order valence-corrected chi connectivity index (χ2v) is 7.16. The number of likely N-dealkylation sites (tertiary alicyclic amines) is 1. The van der Waals surface area contributed by atoms with E-state index in [0.29, 0.717) is 5.92 Å². The summed E-state index contributed by atoms with van der Waals surface area (Å²) in [6.07, 6.45) is 5.24. The Kier molecular flexibility index (Phi) is 3.63. The Morgan fingerprint density at radius 2 is 2.37 bits per heavy atom. The van der Waals surface area contributed by atoms with E-state index >= 15 is 0 Å². The smallest absolute Gasteiger partial charge is 0.310 e. The second kappa shape index (κ2) is 5.25. The van der Waals surface area contributed by atoms with Gasteiger partial charge >= 0.3 is 5.97 Å². The van der Waals surface area contributed by atoms with Crippen LogP contribution in [0.3, 0.4) is 0 Å². The monoisotopic (exact) mass is 279 g/mol. The van der Waals surface area contributed by atoms with E-state index in [2.05, 4.69) is 22.4 Å². The van der Waals surface area contributed by atoms with Gasteiger partial charge in [-0.2, -0.15) is 0 Å². The molecule has 2 heterocycles. The number of nitrogens with zero attached hydrogens (tertiary/aromatic N) is 1. The fourth-order valence-electron chi connectivity index (χ4n) is 3.29. The Labute approximate surface area is 118 Å². The molecule has 104 valence electrons. The minimum atomic E-state index is -0.574. The molecule has 3 nitrogen and oxygen atoms in total. The van der Waals surface area contributed by atoms with Crippen LogP contribution in [0, 0.1) is 11.3 Å². The molecule has 1 aromatic rings. The number of aliphatic carboxylic acids is 1. The Morgan fingerprint density at radius 3 is 3.00 bits per heavy atom. The maximum Gasteiger partial charge on any atom is 0.310 e. The van der Waals surface area contributed by atoms with Gasteiger partial charge < -0.3 is 5.11 Å². The van der Waals surface area contributed by atoms with E-state index in [1.165, 1.54) is 17.7 Å². The van der Waals surface area contributed by atoms with Crippen LogP contribution >= 0.6 is 11.3 Å². The van der Waals surface area contributed by atoms with Crippen LogP contribution in [0.25, 0.3) is 0 Å². The fraction of sp³-hybridized carbons (Fsp3) is 0.667. The largest absolute Gasteiger partial charge is 0.481 e. The molecule has 1 saturated carbocycles. The van der Waals surface area contributed by atoms with Gasteiger partial charge in [0.1, 0.15) is 0 Å². The molecule has 0 spiro atoms. The first-order chi connectivity index (χ1) is 9.18. The number of carbonyl (C=O) groups is 1. The van der Waals surface area contributed by atoms with Gasteiger partial charge in [-0.25, -0.2) is 0 Å². The van der Waals surface area contributed by atoms with Gasteiger partial charge in [0, 0.05) is 18.0 Å². The minimum absolute atomic E-state index is 0.476. The molecule has 0 unspecified atom stereocenters. The van der Waals surface area contributed by atoms with Gasteiger partial charge in [-0.1, -0.05) is 18.9 Å². The van der Waals surface area contributed by atoms with E-state index in [1.54, 1.807) is 11.3 Å². The van der Waals surface area contributed by atoms with Gasteiger partial charge in [0.15, 0.2) is 0 Å². The lowest BCUT2D eigenvalue weighted by atomic mass is 9.75. The van der Waals surface area contributed by atoms with Crippen molar-refractivity contribution in [3.63, 3.8) is 0 Å². The number of rotatable bonds is 5. The van der Waals surface area contributed by atoms with E-state index in [4.69, 9.17) is 0 Å². The van der Waals surface area contributed by atoms with Crippen LogP contribution in [0.2, 0.25) is 0 Å². The molecule has 1 saturated heterocycles. The van der Waals surface area contributed by atoms with Crippen LogP contribution < -0.4 is 0 Å². The Balaban J connectivity index is 1.68. The van der Waals surface area contributed by atoms with E-state index in [9.17, 15) is 9.90 Å². The first kappa shape index (κ1) is 13.1. The van der Waals surface area contributed by atoms with Gasteiger partial charge in [-0.05, 0) is 43.2 Å². The quantitative estimate of drug-likeness (QED) is 0.899. The predicted octanol–water partition coefficient (Wildman–Crippen LogP) is 3.22. The number of piperidine rings is 1. The summed E-state index contributed by atoms with van der Waals surface area (Å²) < 4.78 is 0. The Bertz CT molecular complexity index is 441. The van der Waals surface area contributed by atoms with Crippen LogP contribution in [0.15, 0.2) is 17.5 Å². The van der Waals surface area contributed by atoms with Crippen molar-refractivity contribution in [1.29, 1.82) is 0 Å². The summed E-state index contributed by atoms with van der Waals surface area (Å²) >= 11 is 1.76. The zero-order valence-electron chi connectivity index (χ0n) is 11.2. The fourth-order valence-corrected chi connectivity index (χ4v) is 4.03. The number of carboxylic acids is 1. The van der Waals surface area contributed by atoms with Crippen molar-refractivity contribution in [3.8, 4) is 0 Å².